The highest BCUT2D eigenvalue weighted by molar-refractivity contribution is 9.10. The molecular formula is C24H24BrNO6S. The Morgan fingerprint density at radius 1 is 0.879 bits per heavy atom. The van der Waals surface area contributed by atoms with Crippen molar-refractivity contribution in [2.75, 3.05) is 27.6 Å². The van der Waals surface area contributed by atoms with Crippen LogP contribution < -0.4 is 18.9 Å². The second kappa shape index (κ2) is 10.0. The van der Waals surface area contributed by atoms with Crippen LogP contribution in [0.3, 0.4) is 0 Å². The van der Waals surface area contributed by atoms with Gasteiger partial charge in [-0.3, -0.25) is 0 Å². The fourth-order valence-corrected chi connectivity index (χ4v) is 5.27. The number of benzene rings is 3. The Labute approximate surface area is 202 Å². The van der Waals surface area contributed by atoms with Crippen LogP contribution in [0.1, 0.15) is 11.1 Å². The van der Waals surface area contributed by atoms with Crippen LogP contribution >= 0.6 is 15.9 Å². The number of rotatable bonds is 9. The van der Waals surface area contributed by atoms with Crippen LogP contribution in [-0.4, -0.2) is 40.3 Å². The summed E-state index contributed by atoms with van der Waals surface area (Å²) in [6, 6.07) is 17.7. The van der Waals surface area contributed by atoms with Crippen LogP contribution in [0, 0.1) is 0 Å². The molecule has 0 aliphatic carbocycles. The molecule has 9 heteroatoms. The van der Waals surface area contributed by atoms with E-state index in [-0.39, 0.29) is 24.8 Å². The van der Waals surface area contributed by atoms with Crippen molar-refractivity contribution >= 4 is 26.0 Å². The normalized spacial score (nSPS) is 12.7. The Kier molecular flexibility index (Phi) is 7.11. The molecule has 0 N–H and O–H groups in total. The smallest absolute Gasteiger partial charge is 0.243 e. The zero-order valence-electron chi connectivity index (χ0n) is 18.3. The number of ether oxygens (including phenoxy) is 4. The topological polar surface area (TPSA) is 74.3 Å². The molecule has 0 aromatic heterocycles. The lowest BCUT2D eigenvalue weighted by Crippen LogP contribution is -2.32. The summed E-state index contributed by atoms with van der Waals surface area (Å²) < 4.78 is 50.9. The number of fused-ring (bicyclic) bond motifs is 1. The minimum Gasteiger partial charge on any atom is -0.493 e. The maximum Gasteiger partial charge on any atom is 0.243 e. The highest BCUT2D eigenvalue weighted by Gasteiger charge is 2.25. The first kappa shape index (κ1) is 23.4. The number of halogens is 1. The van der Waals surface area contributed by atoms with Crippen molar-refractivity contribution in [2.45, 2.75) is 17.9 Å². The largest absolute Gasteiger partial charge is 0.493 e. The minimum atomic E-state index is -3.74. The van der Waals surface area contributed by atoms with E-state index in [1.54, 1.807) is 44.6 Å². The number of nitrogens with zero attached hydrogens (tertiary/aromatic N) is 1. The van der Waals surface area contributed by atoms with Gasteiger partial charge < -0.3 is 18.9 Å². The number of sulfonamides is 1. The van der Waals surface area contributed by atoms with Gasteiger partial charge in [-0.05, 0) is 66.1 Å². The Balaban J connectivity index is 1.61. The van der Waals surface area contributed by atoms with E-state index in [2.05, 4.69) is 15.9 Å². The van der Waals surface area contributed by atoms with Crippen molar-refractivity contribution < 1.29 is 27.4 Å². The highest BCUT2D eigenvalue weighted by Crippen LogP contribution is 2.33. The van der Waals surface area contributed by atoms with Crippen LogP contribution in [0.4, 0.5) is 0 Å². The lowest BCUT2D eigenvalue weighted by atomic mass is 10.1. The average molecular weight is 534 g/mol. The van der Waals surface area contributed by atoms with Crippen molar-refractivity contribution in [1.82, 2.24) is 4.31 Å². The zero-order valence-corrected chi connectivity index (χ0v) is 20.7. The van der Waals surface area contributed by atoms with E-state index in [0.717, 1.165) is 15.6 Å². The van der Waals surface area contributed by atoms with Crippen LogP contribution in [-0.2, 0) is 23.0 Å². The second-order valence-electron chi connectivity index (χ2n) is 7.42. The molecule has 0 bridgehead atoms. The van der Waals surface area contributed by atoms with Crippen LogP contribution in [0.15, 0.2) is 70.0 Å². The monoisotopic (exact) mass is 533 g/mol. The summed E-state index contributed by atoms with van der Waals surface area (Å²) in [5.41, 5.74) is 1.75. The van der Waals surface area contributed by atoms with Crippen molar-refractivity contribution in [2.24, 2.45) is 0 Å². The summed E-state index contributed by atoms with van der Waals surface area (Å²) in [6.07, 6.45) is 0.501. The Morgan fingerprint density at radius 3 is 2.30 bits per heavy atom. The standard InChI is InChI=1S/C24H24BrNO6S/c1-29-21-9-3-17(13-23(21)30-2)11-12-26(33(27,28)20-7-5-19(25)6-8-20)15-18-4-10-22-24(14-18)32-16-31-22/h3-10,13-14H,11-12,15-16H2,1-2H3. The van der Waals surface area contributed by atoms with E-state index in [0.29, 0.717) is 29.4 Å². The summed E-state index contributed by atoms with van der Waals surface area (Å²) in [4.78, 5) is 0.235. The van der Waals surface area contributed by atoms with E-state index in [1.165, 1.54) is 4.31 Å². The van der Waals surface area contributed by atoms with Gasteiger partial charge in [0.15, 0.2) is 23.0 Å². The molecule has 174 valence electrons. The van der Waals surface area contributed by atoms with Gasteiger partial charge >= 0.3 is 0 Å². The van der Waals surface area contributed by atoms with E-state index >= 15 is 0 Å². The van der Waals surface area contributed by atoms with Gasteiger partial charge in [0.2, 0.25) is 16.8 Å². The molecule has 0 atom stereocenters. The first-order chi connectivity index (χ1) is 15.9. The van der Waals surface area contributed by atoms with Crippen LogP contribution in [0.25, 0.3) is 0 Å². The predicted molar refractivity (Wildman–Crippen MR) is 128 cm³/mol. The number of methoxy groups -OCH3 is 2. The maximum atomic E-state index is 13.5. The van der Waals surface area contributed by atoms with Crippen molar-refractivity contribution in [3.8, 4) is 23.0 Å². The van der Waals surface area contributed by atoms with Crippen molar-refractivity contribution in [3.05, 3.63) is 76.3 Å². The summed E-state index contributed by atoms with van der Waals surface area (Å²) in [5.74, 6) is 2.51. The summed E-state index contributed by atoms with van der Waals surface area (Å²) in [5, 5.41) is 0. The van der Waals surface area contributed by atoms with Crippen molar-refractivity contribution in [3.63, 3.8) is 0 Å². The number of hydrogen-bond acceptors (Lipinski definition) is 6. The van der Waals surface area contributed by atoms with Crippen LogP contribution in [0.2, 0.25) is 0 Å². The molecule has 0 saturated heterocycles. The third kappa shape index (κ3) is 5.26. The van der Waals surface area contributed by atoms with Gasteiger partial charge in [0, 0.05) is 17.6 Å². The third-order valence-electron chi connectivity index (χ3n) is 5.35. The van der Waals surface area contributed by atoms with Gasteiger partial charge in [-0.1, -0.05) is 28.1 Å². The quantitative estimate of drug-likeness (QED) is 0.399. The molecule has 0 spiro atoms. The average Bonchev–Trinajstić information content (AvgIpc) is 3.29. The molecule has 0 amide bonds. The molecular weight excluding hydrogens is 510 g/mol. The predicted octanol–water partition coefficient (Wildman–Crippen LogP) is 4.63. The lowest BCUT2D eigenvalue weighted by molar-refractivity contribution is 0.174. The molecule has 3 aromatic carbocycles. The summed E-state index contributed by atoms with van der Waals surface area (Å²) in [6.45, 7) is 0.643. The van der Waals surface area contributed by atoms with E-state index in [1.807, 2.05) is 30.3 Å². The van der Waals surface area contributed by atoms with Gasteiger partial charge in [0.1, 0.15) is 0 Å². The molecule has 7 nitrogen and oxygen atoms in total. The van der Waals surface area contributed by atoms with Gasteiger partial charge in [0.05, 0.1) is 19.1 Å². The molecule has 0 saturated carbocycles. The molecule has 4 rings (SSSR count). The summed E-state index contributed by atoms with van der Waals surface area (Å²) in [7, 11) is -0.591. The molecule has 0 radical (unpaired) electrons. The molecule has 1 aliphatic heterocycles. The Morgan fingerprint density at radius 2 is 1.58 bits per heavy atom. The fraction of sp³-hybridized carbons (Fsp3) is 0.250. The van der Waals surface area contributed by atoms with Crippen molar-refractivity contribution in [1.29, 1.82) is 0 Å². The van der Waals surface area contributed by atoms with Gasteiger partial charge in [0.25, 0.3) is 0 Å². The van der Waals surface area contributed by atoms with E-state index < -0.39 is 10.0 Å². The first-order valence-corrected chi connectivity index (χ1v) is 12.5. The Hall–Kier alpha value is -2.75. The SMILES string of the molecule is COc1ccc(CCN(Cc2ccc3c(c2)OCO3)S(=O)(=O)c2ccc(Br)cc2)cc1OC. The van der Waals surface area contributed by atoms with Gasteiger partial charge in [-0.2, -0.15) is 4.31 Å². The number of hydrogen-bond donors (Lipinski definition) is 0. The molecule has 0 unspecified atom stereocenters. The second-order valence-corrected chi connectivity index (χ2v) is 10.3. The fourth-order valence-electron chi connectivity index (χ4n) is 3.57. The maximum absolute atomic E-state index is 13.5. The van der Waals surface area contributed by atoms with E-state index in [9.17, 15) is 8.42 Å². The molecule has 0 fully saturated rings. The van der Waals surface area contributed by atoms with E-state index in [4.69, 9.17) is 18.9 Å². The first-order valence-electron chi connectivity index (χ1n) is 10.3. The lowest BCUT2D eigenvalue weighted by Gasteiger charge is -2.23. The minimum absolute atomic E-state index is 0.166. The molecule has 33 heavy (non-hydrogen) atoms. The Bertz CT molecular complexity index is 1230. The highest BCUT2D eigenvalue weighted by atomic mass is 79.9. The van der Waals surface area contributed by atoms with Gasteiger partial charge in [-0.25, -0.2) is 8.42 Å². The molecule has 3 aromatic rings. The molecule has 1 heterocycles. The zero-order chi connectivity index (χ0) is 23.4. The van der Waals surface area contributed by atoms with Crippen LogP contribution in [0.5, 0.6) is 23.0 Å². The summed E-state index contributed by atoms with van der Waals surface area (Å²) >= 11 is 3.36. The van der Waals surface area contributed by atoms with Gasteiger partial charge in [-0.15, -0.1) is 0 Å². The molecule has 1 aliphatic rings. The third-order valence-corrected chi connectivity index (χ3v) is 7.73.